The molecule has 0 aromatic carbocycles. The lowest BCUT2D eigenvalue weighted by molar-refractivity contribution is 0.0445. The standard InChI is InChI=1S/C18H26O6/c1-4-6-8-10-22-17(20)14-12-15(19)24-13(3)16(14)18(21)23-11-9-7-5-2/h12H,4-11H2,1-3H3. The zero-order chi connectivity index (χ0) is 17.9. The molecule has 24 heavy (non-hydrogen) atoms. The second-order valence-electron chi connectivity index (χ2n) is 5.60. The van der Waals surface area contributed by atoms with Crippen LogP contribution in [0.2, 0.25) is 0 Å². The normalized spacial score (nSPS) is 10.5. The molecule has 1 aromatic rings. The van der Waals surface area contributed by atoms with Crippen LogP contribution < -0.4 is 5.63 Å². The minimum atomic E-state index is -0.706. The molecule has 0 aliphatic heterocycles. The lowest BCUT2D eigenvalue weighted by Gasteiger charge is -2.11. The van der Waals surface area contributed by atoms with Crippen LogP contribution in [0, 0.1) is 6.92 Å². The molecule has 1 heterocycles. The highest BCUT2D eigenvalue weighted by Crippen LogP contribution is 2.15. The number of unbranched alkanes of at least 4 members (excludes halogenated alkanes) is 4. The fourth-order valence-corrected chi connectivity index (χ4v) is 2.21. The third kappa shape index (κ3) is 6.18. The maximum absolute atomic E-state index is 12.2. The number of carbonyl (C=O) groups is 2. The van der Waals surface area contributed by atoms with Gasteiger partial charge < -0.3 is 13.9 Å². The van der Waals surface area contributed by atoms with Crippen molar-refractivity contribution >= 4 is 11.9 Å². The fourth-order valence-electron chi connectivity index (χ4n) is 2.21. The maximum Gasteiger partial charge on any atom is 0.342 e. The van der Waals surface area contributed by atoms with E-state index in [-0.39, 0.29) is 30.1 Å². The van der Waals surface area contributed by atoms with Gasteiger partial charge in [-0.3, -0.25) is 0 Å². The molecule has 0 saturated carbocycles. The topological polar surface area (TPSA) is 82.8 Å². The lowest BCUT2D eigenvalue weighted by Crippen LogP contribution is -2.19. The minimum absolute atomic E-state index is 0.0356. The van der Waals surface area contributed by atoms with Gasteiger partial charge in [0.15, 0.2) is 0 Å². The molecule has 1 rings (SSSR count). The van der Waals surface area contributed by atoms with E-state index >= 15 is 0 Å². The molecule has 0 N–H and O–H groups in total. The zero-order valence-corrected chi connectivity index (χ0v) is 14.7. The number of carbonyl (C=O) groups excluding carboxylic acids is 2. The monoisotopic (exact) mass is 338 g/mol. The molecule has 0 saturated heterocycles. The van der Waals surface area contributed by atoms with Crippen molar-refractivity contribution in [1.82, 2.24) is 0 Å². The average molecular weight is 338 g/mol. The summed E-state index contributed by atoms with van der Waals surface area (Å²) in [5.41, 5.74) is -0.831. The molecule has 0 amide bonds. The van der Waals surface area contributed by atoms with Gasteiger partial charge in [-0.25, -0.2) is 14.4 Å². The average Bonchev–Trinajstić information content (AvgIpc) is 2.54. The van der Waals surface area contributed by atoms with Crippen LogP contribution in [0.1, 0.15) is 78.8 Å². The molecule has 0 bridgehead atoms. The van der Waals surface area contributed by atoms with Gasteiger partial charge in [0, 0.05) is 6.07 Å². The van der Waals surface area contributed by atoms with Gasteiger partial charge >= 0.3 is 17.6 Å². The number of hydrogen-bond donors (Lipinski definition) is 0. The van der Waals surface area contributed by atoms with Gasteiger partial charge in [-0.05, 0) is 19.8 Å². The molecule has 134 valence electrons. The molecule has 6 nitrogen and oxygen atoms in total. The van der Waals surface area contributed by atoms with E-state index in [2.05, 4.69) is 0 Å². The Hall–Kier alpha value is -2.11. The molecule has 0 aliphatic carbocycles. The van der Waals surface area contributed by atoms with E-state index in [1.807, 2.05) is 13.8 Å². The third-order valence-electron chi connectivity index (χ3n) is 3.52. The van der Waals surface area contributed by atoms with Crippen LogP contribution in [0.15, 0.2) is 15.3 Å². The van der Waals surface area contributed by atoms with Crippen molar-refractivity contribution in [3.63, 3.8) is 0 Å². The van der Waals surface area contributed by atoms with E-state index in [9.17, 15) is 14.4 Å². The molecule has 0 atom stereocenters. The molecular weight excluding hydrogens is 312 g/mol. The van der Waals surface area contributed by atoms with Gasteiger partial charge in [0.05, 0.1) is 18.8 Å². The van der Waals surface area contributed by atoms with Crippen molar-refractivity contribution in [2.24, 2.45) is 0 Å². The summed E-state index contributed by atoms with van der Waals surface area (Å²) < 4.78 is 15.2. The Bertz CT molecular complexity index is 602. The van der Waals surface area contributed by atoms with Crippen molar-refractivity contribution in [3.05, 3.63) is 33.4 Å². The summed E-state index contributed by atoms with van der Waals surface area (Å²) in [6.45, 7) is 6.05. The first-order valence-corrected chi connectivity index (χ1v) is 8.50. The van der Waals surface area contributed by atoms with E-state index in [0.717, 1.165) is 44.6 Å². The van der Waals surface area contributed by atoms with Crippen LogP contribution in [-0.4, -0.2) is 25.2 Å². The van der Waals surface area contributed by atoms with Gasteiger partial charge in [-0.15, -0.1) is 0 Å². The van der Waals surface area contributed by atoms with E-state index < -0.39 is 17.6 Å². The quantitative estimate of drug-likeness (QED) is 0.478. The van der Waals surface area contributed by atoms with E-state index in [4.69, 9.17) is 13.9 Å². The summed E-state index contributed by atoms with van der Waals surface area (Å²) in [5.74, 6) is -1.32. The Labute approximate surface area is 142 Å². The maximum atomic E-state index is 12.2. The lowest BCUT2D eigenvalue weighted by atomic mass is 10.1. The van der Waals surface area contributed by atoms with Crippen LogP contribution in [0.5, 0.6) is 0 Å². The molecule has 0 aliphatic rings. The Kier molecular flexibility index (Phi) is 8.83. The second kappa shape index (κ2) is 10.6. The number of aryl methyl sites for hydroxylation is 1. The van der Waals surface area contributed by atoms with Crippen molar-refractivity contribution in [2.75, 3.05) is 13.2 Å². The molecule has 1 aromatic heterocycles. The smallest absolute Gasteiger partial charge is 0.342 e. The SMILES string of the molecule is CCCCCOC(=O)c1cc(=O)oc(C)c1C(=O)OCCCCC. The molecule has 0 unspecified atom stereocenters. The van der Waals surface area contributed by atoms with Gasteiger partial charge in [0.25, 0.3) is 0 Å². The highest BCUT2D eigenvalue weighted by Gasteiger charge is 2.24. The molecule has 0 radical (unpaired) electrons. The number of rotatable bonds is 10. The summed E-state index contributed by atoms with van der Waals surface area (Å²) in [7, 11) is 0. The third-order valence-corrected chi connectivity index (χ3v) is 3.52. The first-order valence-electron chi connectivity index (χ1n) is 8.50. The number of hydrogen-bond acceptors (Lipinski definition) is 6. The zero-order valence-electron chi connectivity index (χ0n) is 14.7. The van der Waals surface area contributed by atoms with Crippen LogP contribution in [0.4, 0.5) is 0 Å². The Morgan fingerprint density at radius 1 is 0.958 bits per heavy atom. The van der Waals surface area contributed by atoms with E-state index in [1.54, 1.807) is 0 Å². The highest BCUT2D eigenvalue weighted by atomic mass is 16.5. The van der Waals surface area contributed by atoms with Crippen molar-refractivity contribution in [1.29, 1.82) is 0 Å². The summed E-state index contributed by atoms with van der Waals surface area (Å²) >= 11 is 0. The van der Waals surface area contributed by atoms with E-state index in [0.29, 0.717) is 0 Å². The predicted octanol–water partition coefficient (Wildman–Crippen LogP) is 3.64. The van der Waals surface area contributed by atoms with Gasteiger partial charge in [0.1, 0.15) is 11.3 Å². The molecular formula is C18H26O6. The fraction of sp³-hybridized carbons (Fsp3) is 0.611. The molecule has 6 heteroatoms. The van der Waals surface area contributed by atoms with Crippen LogP contribution >= 0.6 is 0 Å². The summed E-state index contributed by atoms with van der Waals surface area (Å²) in [6.07, 6.45) is 5.37. The first-order chi connectivity index (χ1) is 11.5. The Morgan fingerprint density at radius 2 is 1.50 bits per heavy atom. The minimum Gasteiger partial charge on any atom is -0.462 e. The van der Waals surface area contributed by atoms with Crippen molar-refractivity contribution in [3.8, 4) is 0 Å². The summed E-state index contributed by atoms with van der Waals surface area (Å²) in [6, 6.07) is 0.984. The van der Waals surface area contributed by atoms with Crippen LogP contribution in [0.3, 0.4) is 0 Å². The van der Waals surface area contributed by atoms with Crippen LogP contribution in [0.25, 0.3) is 0 Å². The van der Waals surface area contributed by atoms with Crippen LogP contribution in [-0.2, 0) is 9.47 Å². The summed E-state index contributed by atoms with van der Waals surface area (Å²) in [5, 5.41) is 0. The first kappa shape index (κ1) is 19.9. The largest absolute Gasteiger partial charge is 0.462 e. The van der Waals surface area contributed by atoms with Gasteiger partial charge in [0.2, 0.25) is 0 Å². The summed E-state index contributed by atoms with van der Waals surface area (Å²) in [4.78, 5) is 36.0. The second-order valence-corrected chi connectivity index (χ2v) is 5.60. The highest BCUT2D eigenvalue weighted by molar-refractivity contribution is 6.03. The van der Waals surface area contributed by atoms with Crippen molar-refractivity contribution in [2.45, 2.75) is 59.3 Å². The molecule has 0 fully saturated rings. The van der Waals surface area contributed by atoms with Gasteiger partial charge in [-0.1, -0.05) is 39.5 Å². The van der Waals surface area contributed by atoms with Gasteiger partial charge in [-0.2, -0.15) is 0 Å². The number of ether oxygens (including phenoxy) is 2. The Balaban J connectivity index is 2.88. The number of esters is 2. The van der Waals surface area contributed by atoms with Crippen molar-refractivity contribution < 1.29 is 23.5 Å². The van der Waals surface area contributed by atoms with E-state index in [1.165, 1.54) is 6.92 Å². The Morgan fingerprint density at radius 3 is 2.04 bits per heavy atom. The molecule has 0 spiro atoms. The predicted molar refractivity (Wildman–Crippen MR) is 89.3 cm³/mol.